The van der Waals surface area contributed by atoms with E-state index in [0.717, 1.165) is 19.4 Å². The first-order valence-corrected chi connectivity index (χ1v) is 4.39. The molecule has 12 heavy (non-hydrogen) atoms. The number of aromatic amines is 1. The summed E-state index contributed by atoms with van der Waals surface area (Å²) >= 11 is 0. The van der Waals surface area contributed by atoms with Crippen molar-refractivity contribution in [3.05, 3.63) is 11.3 Å². The number of anilines is 1. The molecule has 2 heterocycles. The molecule has 4 N–H and O–H groups in total. The third kappa shape index (κ3) is 0.992. The lowest BCUT2D eigenvalue weighted by molar-refractivity contribution is 0.482. The molecule has 4 nitrogen and oxygen atoms in total. The maximum absolute atomic E-state index is 5.71. The number of nitrogen functional groups attached to an aromatic ring is 1. The van der Waals surface area contributed by atoms with Gasteiger partial charge in [-0.05, 0) is 12.8 Å². The van der Waals surface area contributed by atoms with Crippen LogP contribution in [0.3, 0.4) is 0 Å². The van der Waals surface area contributed by atoms with Gasteiger partial charge < -0.3 is 11.1 Å². The lowest BCUT2D eigenvalue weighted by Gasteiger charge is -2.21. The molecule has 0 radical (unpaired) electrons. The molecule has 4 heteroatoms. The van der Waals surface area contributed by atoms with Gasteiger partial charge in [0.1, 0.15) is 5.82 Å². The minimum absolute atomic E-state index is 0.415. The molecular weight excluding hydrogens is 152 g/mol. The predicted molar refractivity (Wildman–Crippen MR) is 47.7 cm³/mol. The van der Waals surface area contributed by atoms with Gasteiger partial charge in [-0.1, -0.05) is 6.92 Å². The van der Waals surface area contributed by atoms with E-state index >= 15 is 0 Å². The second-order valence-electron chi connectivity index (χ2n) is 3.17. The number of hydrogen-bond acceptors (Lipinski definition) is 3. The van der Waals surface area contributed by atoms with E-state index in [1.54, 1.807) is 0 Å². The maximum Gasteiger partial charge on any atom is 0.148 e. The quantitative estimate of drug-likeness (QED) is 0.572. The van der Waals surface area contributed by atoms with Crippen molar-refractivity contribution in [2.75, 3.05) is 12.3 Å². The Labute approximate surface area is 71.5 Å². The van der Waals surface area contributed by atoms with Crippen molar-refractivity contribution < 1.29 is 0 Å². The second kappa shape index (κ2) is 2.79. The Morgan fingerprint density at radius 3 is 3.25 bits per heavy atom. The standard InChI is InChI=1S/C8H14N4/c1-2-6-7-5(3-4-10-6)8(9)12-11-7/h6,10H,2-4H2,1H3,(H3,9,11,12). The zero-order chi connectivity index (χ0) is 8.55. The molecule has 0 spiro atoms. The van der Waals surface area contributed by atoms with Crippen LogP contribution in [0, 0.1) is 0 Å². The van der Waals surface area contributed by atoms with Crippen LogP contribution in [-0.2, 0) is 6.42 Å². The van der Waals surface area contributed by atoms with Gasteiger partial charge in [-0.2, -0.15) is 5.10 Å². The number of aromatic nitrogens is 2. The summed E-state index contributed by atoms with van der Waals surface area (Å²) in [6.45, 7) is 3.17. The first-order valence-electron chi connectivity index (χ1n) is 4.39. The lowest BCUT2D eigenvalue weighted by Crippen LogP contribution is -2.29. The molecule has 2 rings (SSSR count). The molecule has 0 aromatic carbocycles. The van der Waals surface area contributed by atoms with E-state index in [2.05, 4.69) is 22.4 Å². The minimum Gasteiger partial charge on any atom is -0.382 e. The van der Waals surface area contributed by atoms with Gasteiger partial charge in [-0.15, -0.1) is 0 Å². The molecule has 1 atom stereocenters. The van der Waals surface area contributed by atoms with Gasteiger partial charge in [0, 0.05) is 18.2 Å². The highest BCUT2D eigenvalue weighted by Crippen LogP contribution is 2.26. The molecule has 66 valence electrons. The molecule has 0 saturated carbocycles. The highest BCUT2D eigenvalue weighted by atomic mass is 15.2. The molecule has 1 aliphatic heterocycles. The smallest absolute Gasteiger partial charge is 0.148 e. The number of nitrogens with one attached hydrogen (secondary N) is 2. The van der Waals surface area contributed by atoms with Gasteiger partial charge in [0.2, 0.25) is 0 Å². The van der Waals surface area contributed by atoms with Crippen molar-refractivity contribution in [3.8, 4) is 0 Å². The maximum atomic E-state index is 5.71. The third-order valence-corrected chi connectivity index (χ3v) is 2.45. The van der Waals surface area contributed by atoms with Crippen LogP contribution < -0.4 is 11.1 Å². The van der Waals surface area contributed by atoms with Gasteiger partial charge in [0.05, 0.1) is 5.69 Å². The zero-order valence-electron chi connectivity index (χ0n) is 7.22. The van der Waals surface area contributed by atoms with Crippen molar-refractivity contribution in [2.45, 2.75) is 25.8 Å². The number of nitrogens with zero attached hydrogens (tertiary/aromatic N) is 1. The van der Waals surface area contributed by atoms with E-state index in [9.17, 15) is 0 Å². The van der Waals surface area contributed by atoms with Crippen LogP contribution in [0.1, 0.15) is 30.6 Å². The molecule has 1 aromatic heterocycles. The summed E-state index contributed by atoms with van der Waals surface area (Å²) < 4.78 is 0. The third-order valence-electron chi connectivity index (χ3n) is 2.45. The van der Waals surface area contributed by atoms with E-state index in [1.165, 1.54) is 11.3 Å². The fourth-order valence-corrected chi connectivity index (χ4v) is 1.77. The molecule has 1 aromatic rings. The second-order valence-corrected chi connectivity index (χ2v) is 3.17. The first kappa shape index (κ1) is 7.61. The Bertz CT molecular complexity index is 279. The van der Waals surface area contributed by atoms with Gasteiger partial charge in [-0.25, -0.2) is 0 Å². The first-order chi connectivity index (χ1) is 5.83. The number of nitrogens with two attached hydrogens (primary N) is 1. The Morgan fingerprint density at radius 2 is 2.50 bits per heavy atom. The topological polar surface area (TPSA) is 66.7 Å². The minimum atomic E-state index is 0.415. The zero-order valence-corrected chi connectivity index (χ0v) is 7.22. The molecule has 0 saturated heterocycles. The predicted octanol–water partition coefficient (Wildman–Crippen LogP) is 0.589. The van der Waals surface area contributed by atoms with Crippen molar-refractivity contribution >= 4 is 5.82 Å². The number of hydrogen-bond donors (Lipinski definition) is 3. The Balaban J connectivity index is 2.38. The van der Waals surface area contributed by atoms with E-state index in [4.69, 9.17) is 5.73 Å². The van der Waals surface area contributed by atoms with Crippen LogP contribution in [0.4, 0.5) is 5.82 Å². The molecule has 0 bridgehead atoms. The average molecular weight is 166 g/mol. The summed E-state index contributed by atoms with van der Waals surface area (Å²) in [6.07, 6.45) is 2.07. The molecule has 1 unspecified atom stereocenters. The van der Waals surface area contributed by atoms with Crippen LogP contribution in [0.5, 0.6) is 0 Å². The largest absolute Gasteiger partial charge is 0.382 e. The van der Waals surface area contributed by atoms with Gasteiger partial charge >= 0.3 is 0 Å². The monoisotopic (exact) mass is 166 g/mol. The number of fused-ring (bicyclic) bond motifs is 1. The summed E-state index contributed by atoms with van der Waals surface area (Å²) in [5.41, 5.74) is 8.10. The molecule has 0 amide bonds. The summed E-state index contributed by atoms with van der Waals surface area (Å²) in [6, 6.07) is 0.415. The van der Waals surface area contributed by atoms with Gasteiger partial charge in [0.15, 0.2) is 0 Å². The lowest BCUT2D eigenvalue weighted by atomic mass is 10.00. The summed E-state index contributed by atoms with van der Waals surface area (Å²) in [5.74, 6) is 0.671. The summed E-state index contributed by atoms with van der Waals surface area (Å²) in [4.78, 5) is 0. The van der Waals surface area contributed by atoms with E-state index in [1.807, 2.05) is 0 Å². The van der Waals surface area contributed by atoms with Crippen LogP contribution in [0.15, 0.2) is 0 Å². The van der Waals surface area contributed by atoms with Crippen LogP contribution in [0.25, 0.3) is 0 Å². The van der Waals surface area contributed by atoms with Crippen molar-refractivity contribution in [2.24, 2.45) is 0 Å². The van der Waals surface area contributed by atoms with Crippen molar-refractivity contribution in [1.82, 2.24) is 15.5 Å². The number of rotatable bonds is 1. The Morgan fingerprint density at radius 1 is 1.67 bits per heavy atom. The fourth-order valence-electron chi connectivity index (χ4n) is 1.77. The fraction of sp³-hybridized carbons (Fsp3) is 0.625. The molecule has 1 aliphatic rings. The van der Waals surface area contributed by atoms with E-state index < -0.39 is 0 Å². The average Bonchev–Trinajstić information content (AvgIpc) is 2.48. The Kier molecular flexibility index (Phi) is 1.77. The van der Waals surface area contributed by atoms with Gasteiger partial charge in [-0.3, -0.25) is 5.10 Å². The Hall–Kier alpha value is -1.03. The highest BCUT2D eigenvalue weighted by Gasteiger charge is 2.22. The molecular formula is C8H14N4. The normalized spacial score (nSPS) is 22.2. The summed E-state index contributed by atoms with van der Waals surface area (Å²) in [5, 5.41) is 10.4. The highest BCUT2D eigenvalue weighted by molar-refractivity contribution is 5.44. The molecule has 0 fully saturated rings. The van der Waals surface area contributed by atoms with Gasteiger partial charge in [0.25, 0.3) is 0 Å². The number of H-pyrrole nitrogens is 1. The van der Waals surface area contributed by atoms with Crippen molar-refractivity contribution in [3.63, 3.8) is 0 Å². The van der Waals surface area contributed by atoms with E-state index in [0.29, 0.717) is 11.9 Å². The van der Waals surface area contributed by atoms with Crippen molar-refractivity contribution in [1.29, 1.82) is 0 Å². The SMILES string of the molecule is CCC1NCCc2c(N)n[nH]c21. The summed E-state index contributed by atoms with van der Waals surface area (Å²) in [7, 11) is 0. The van der Waals surface area contributed by atoms with E-state index in [-0.39, 0.29) is 0 Å². The molecule has 0 aliphatic carbocycles. The van der Waals surface area contributed by atoms with Crippen LogP contribution in [-0.4, -0.2) is 16.7 Å². The van der Waals surface area contributed by atoms with Crippen LogP contribution in [0.2, 0.25) is 0 Å². The van der Waals surface area contributed by atoms with Crippen LogP contribution >= 0.6 is 0 Å².